The fraction of sp³-hybridized carbons (Fsp3) is 0.154. The van der Waals surface area contributed by atoms with Gasteiger partial charge in [0, 0.05) is 24.0 Å². The molecule has 3 rings (SSSR count). The third-order valence-electron chi connectivity index (χ3n) is 2.94. The van der Waals surface area contributed by atoms with Crippen LogP contribution in [0, 0.1) is 0 Å². The monoisotopic (exact) mass is 309 g/mol. The van der Waals surface area contributed by atoms with Crippen molar-refractivity contribution in [3.8, 4) is 17.1 Å². The van der Waals surface area contributed by atoms with E-state index in [0.717, 1.165) is 11.4 Å². The van der Waals surface area contributed by atoms with Gasteiger partial charge in [0.1, 0.15) is 0 Å². The Balaban J connectivity index is 1.86. The molecule has 0 atom stereocenters. The lowest BCUT2D eigenvalue weighted by molar-refractivity contribution is -0.159. The minimum Gasteiger partial charge on any atom is -0.329 e. The standard InChI is InChI=1S/C13H10F3N5O/c14-13(15,16)12-19-11(20-22-12)8-1-3-10(4-2-8)21-6-9(5-17)18-7-21/h1-4,6-7H,5,17H2. The fourth-order valence-electron chi connectivity index (χ4n) is 1.85. The Morgan fingerprint density at radius 3 is 2.45 bits per heavy atom. The fourth-order valence-corrected chi connectivity index (χ4v) is 1.85. The van der Waals surface area contributed by atoms with Crippen LogP contribution in [0.1, 0.15) is 11.6 Å². The Morgan fingerprint density at radius 1 is 1.18 bits per heavy atom. The van der Waals surface area contributed by atoms with Crippen LogP contribution in [0.2, 0.25) is 0 Å². The van der Waals surface area contributed by atoms with Gasteiger partial charge in [-0.25, -0.2) is 4.98 Å². The maximum Gasteiger partial charge on any atom is 0.471 e. The highest BCUT2D eigenvalue weighted by Gasteiger charge is 2.38. The molecular weight excluding hydrogens is 299 g/mol. The smallest absolute Gasteiger partial charge is 0.329 e. The highest BCUT2D eigenvalue weighted by Crippen LogP contribution is 2.29. The molecule has 2 aromatic heterocycles. The predicted octanol–water partition coefficient (Wildman–Crippen LogP) is 2.40. The highest BCUT2D eigenvalue weighted by molar-refractivity contribution is 5.56. The summed E-state index contributed by atoms with van der Waals surface area (Å²) in [6.45, 7) is 0.328. The number of alkyl halides is 3. The second kappa shape index (κ2) is 5.26. The molecule has 22 heavy (non-hydrogen) atoms. The number of benzene rings is 1. The number of imidazole rings is 1. The number of rotatable bonds is 3. The minimum absolute atomic E-state index is 0.118. The average Bonchev–Trinajstić information content (AvgIpc) is 3.16. The van der Waals surface area contributed by atoms with Gasteiger partial charge in [-0.3, -0.25) is 0 Å². The van der Waals surface area contributed by atoms with Gasteiger partial charge in [0.25, 0.3) is 0 Å². The van der Waals surface area contributed by atoms with Crippen molar-refractivity contribution in [2.45, 2.75) is 12.7 Å². The van der Waals surface area contributed by atoms with Crippen LogP contribution < -0.4 is 5.73 Å². The lowest BCUT2D eigenvalue weighted by Crippen LogP contribution is -2.04. The van der Waals surface area contributed by atoms with Crippen LogP contribution in [0.3, 0.4) is 0 Å². The van der Waals surface area contributed by atoms with Crippen molar-refractivity contribution >= 4 is 0 Å². The molecule has 0 aliphatic heterocycles. The number of nitrogens with two attached hydrogens (primary N) is 1. The molecule has 9 heteroatoms. The van der Waals surface area contributed by atoms with E-state index in [1.165, 1.54) is 0 Å². The van der Waals surface area contributed by atoms with E-state index in [-0.39, 0.29) is 5.82 Å². The summed E-state index contributed by atoms with van der Waals surface area (Å²) in [7, 11) is 0. The zero-order valence-corrected chi connectivity index (χ0v) is 11.1. The Morgan fingerprint density at radius 2 is 1.91 bits per heavy atom. The molecule has 0 aliphatic rings. The minimum atomic E-state index is -4.65. The summed E-state index contributed by atoms with van der Waals surface area (Å²) < 4.78 is 43.2. The maximum absolute atomic E-state index is 12.4. The molecule has 0 saturated heterocycles. The SMILES string of the molecule is NCc1cn(-c2ccc(-c3noc(C(F)(F)F)n3)cc2)cn1. The lowest BCUT2D eigenvalue weighted by Gasteiger charge is -2.02. The van der Waals surface area contributed by atoms with Gasteiger partial charge in [0.05, 0.1) is 12.0 Å². The molecule has 0 fully saturated rings. The third kappa shape index (κ3) is 2.70. The highest BCUT2D eigenvalue weighted by atomic mass is 19.4. The zero-order chi connectivity index (χ0) is 15.7. The van der Waals surface area contributed by atoms with E-state index in [0.29, 0.717) is 12.1 Å². The molecular formula is C13H10F3N5O. The van der Waals surface area contributed by atoms with Gasteiger partial charge in [0.15, 0.2) is 0 Å². The first-order chi connectivity index (χ1) is 10.5. The molecule has 0 radical (unpaired) electrons. The molecule has 114 valence electrons. The predicted molar refractivity (Wildman–Crippen MR) is 69.7 cm³/mol. The number of halogens is 3. The first kappa shape index (κ1) is 14.3. The topological polar surface area (TPSA) is 82.8 Å². The van der Waals surface area contributed by atoms with Crippen LogP contribution in [0.15, 0.2) is 41.3 Å². The van der Waals surface area contributed by atoms with Crippen LogP contribution in [-0.4, -0.2) is 19.7 Å². The summed E-state index contributed by atoms with van der Waals surface area (Å²) in [5, 5.41) is 3.33. The van der Waals surface area contributed by atoms with Gasteiger partial charge in [-0.05, 0) is 24.3 Å². The van der Waals surface area contributed by atoms with E-state index in [2.05, 4.69) is 19.6 Å². The van der Waals surface area contributed by atoms with Gasteiger partial charge in [-0.2, -0.15) is 18.2 Å². The molecule has 0 aliphatic carbocycles. The number of hydrogen-bond donors (Lipinski definition) is 1. The van der Waals surface area contributed by atoms with Gasteiger partial charge in [-0.1, -0.05) is 5.16 Å². The first-order valence-corrected chi connectivity index (χ1v) is 6.22. The van der Waals surface area contributed by atoms with Crippen molar-refractivity contribution in [3.63, 3.8) is 0 Å². The largest absolute Gasteiger partial charge is 0.471 e. The normalized spacial score (nSPS) is 11.8. The van der Waals surface area contributed by atoms with Crippen molar-refractivity contribution in [1.29, 1.82) is 0 Å². The van der Waals surface area contributed by atoms with Crippen LogP contribution in [0.5, 0.6) is 0 Å². The van der Waals surface area contributed by atoms with E-state index in [9.17, 15) is 13.2 Å². The second-order valence-electron chi connectivity index (χ2n) is 4.44. The molecule has 1 aromatic carbocycles. The molecule has 0 amide bonds. The van der Waals surface area contributed by atoms with Gasteiger partial charge in [0.2, 0.25) is 5.82 Å². The summed E-state index contributed by atoms with van der Waals surface area (Å²) in [6.07, 6.45) is -1.28. The average molecular weight is 309 g/mol. The van der Waals surface area contributed by atoms with Crippen LogP contribution in [-0.2, 0) is 12.7 Å². The summed E-state index contributed by atoms with van der Waals surface area (Å²) >= 11 is 0. The number of hydrogen-bond acceptors (Lipinski definition) is 5. The molecule has 0 saturated carbocycles. The molecule has 2 heterocycles. The Bertz CT molecular complexity index is 776. The van der Waals surface area contributed by atoms with E-state index in [1.54, 1.807) is 41.4 Å². The van der Waals surface area contributed by atoms with Crippen LogP contribution in [0.25, 0.3) is 17.1 Å². The zero-order valence-electron chi connectivity index (χ0n) is 11.1. The Labute approximate surface area is 122 Å². The first-order valence-electron chi connectivity index (χ1n) is 6.22. The van der Waals surface area contributed by atoms with Crippen LogP contribution in [0.4, 0.5) is 13.2 Å². The van der Waals surface area contributed by atoms with Crippen molar-refractivity contribution in [2.24, 2.45) is 5.73 Å². The van der Waals surface area contributed by atoms with Gasteiger partial charge in [-0.15, -0.1) is 0 Å². The van der Waals surface area contributed by atoms with E-state index in [4.69, 9.17) is 5.73 Å². The molecule has 3 aromatic rings. The summed E-state index contributed by atoms with van der Waals surface area (Å²) in [5.41, 5.74) is 7.42. The van der Waals surface area contributed by atoms with Crippen molar-refractivity contribution < 1.29 is 17.7 Å². The molecule has 6 nitrogen and oxygen atoms in total. The van der Waals surface area contributed by atoms with Gasteiger partial charge >= 0.3 is 12.1 Å². The second-order valence-corrected chi connectivity index (χ2v) is 4.44. The van der Waals surface area contributed by atoms with Gasteiger partial charge < -0.3 is 14.8 Å². The van der Waals surface area contributed by atoms with E-state index >= 15 is 0 Å². The van der Waals surface area contributed by atoms with Crippen molar-refractivity contribution in [1.82, 2.24) is 19.7 Å². The summed E-state index contributed by atoms with van der Waals surface area (Å²) in [4.78, 5) is 7.43. The van der Waals surface area contributed by atoms with E-state index in [1.807, 2.05) is 0 Å². The lowest BCUT2D eigenvalue weighted by atomic mass is 10.2. The number of nitrogens with zero attached hydrogens (tertiary/aromatic N) is 4. The quantitative estimate of drug-likeness (QED) is 0.803. The Kier molecular flexibility index (Phi) is 3.41. The molecule has 0 bridgehead atoms. The summed E-state index contributed by atoms with van der Waals surface area (Å²) in [5.74, 6) is -1.49. The maximum atomic E-state index is 12.4. The third-order valence-corrected chi connectivity index (χ3v) is 2.94. The van der Waals surface area contributed by atoms with E-state index < -0.39 is 12.1 Å². The number of aromatic nitrogens is 4. The molecule has 0 unspecified atom stereocenters. The van der Waals surface area contributed by atoms with Crippen LogP contribution >= 0.6 is 0 Å². The van der Waals surface area contributed by atoms with Crippen molar-refractivity contribution in [2.75, 3.05) is 0 Å². The summed E-state index contributed by atoms with van der Waals surface area (Å²) in [6, 6.07) is 6.62. The Hall–Kier alpha value is -2.68. The molecule has 0 spiro atoms. The molecule has 2 N–H and O–H groups in total. The van der Waals surface area contributed by atoms with Crippen molar-refractivity contribution in [3.05, 3.63) is 48.4 Å².